The molecule has 0 amide bonds. The molecule has 0 fully saturated rings. The third kappa shape index (κ3) is 3.88. The summed E-state index contributed by atoms with van der Waals surface area (Å²) in [6.07, 6.45) is 3.93. The molecular formula is C18H16FIN2O3. The zero-order valence-corrected chi connectivity index (χ0v) is 15.4. The fraction of sp³-hybridized carbons (Fsp3) is 0.222. The number of aliphatic hydroxyl groups is 2. The van der Waals surface area contributed by atoms with Crippen molar-refractivity contribution in [2.24, 2.45) is 0 Å². The van der Waals surface area contributed by atoms with Crippen molar-refractivity contribution < 1.29 is 14.6 Å². The first-order valence-electron chi connectivity index (χ1n) is 7.68. The van der Waals surface area contributed by atoms with E-state index in [1.165, 1.54) is 10.6 Å². The SMILES string of the molecule is O=c1c2c(Cc3ccc(I)cc3F)cncc2ccn1C[C@@H](O)CO. The molecule has 1 atom stereocenters. The molecule has 0 saturated heterocycles. The minimum atomic E-state index is -1.02. The van der Waals surface area contributed by atoms with Crippen LogP contribution in [0.15, 0.2) is 47.7 Å². The van der Waals surface area contributed by atoms with Gasteiger partial charge in [-0.1, -0.05) is 6.07 Å². The first-order chi connectivity index (χ1) is 12.0. The molecule has 25 heavy (non-hydrogen) atoms. The smallest absolute Gasteiger partial charge is 0.258 e. The van der Waals surface area contributed by atoms with Crippen molar-refractivity contribution in [3.8, 4) is 0 Å². The van der Waals surface area contributed by atoms with E-state index in [-0.39, 0.29) is 24.3 Å². The van der Waals surface area contributed by atoms with Crippen LogP contribution < -0.4 is 5.56 Å². The van der Waals surface area contributed by atoms with Gasteiger partial charge in [-0.05, 0) is 51.9 Å². The van der Waals surface area contributed by atoms with Gasteiger partial charge in [0.25, 0.3) is 5.56 Å². The van der Waals surface area contributed by atoms with Crippen LogP contribution in [0.2, 0.25) is 0 Å². The number of pyridine rings is 2. The van der Waals surface area contributed by atoms with Crippen LogP contribution in [0.3, 0.4) is 0 Å². The summed E-state index contributed by atoms with van der Waals surface area (Å²) < 4.78 is 16.3. The van der Waals surface area contributed by atoms with Gasteiger partial charge in [-0.2, -0.15) is 0 Å². The molecule has 2 heterocycles. The molecule has 0 radical (unpaired) electrons. The summed E-state index contributed by atoms with van der Waals surface area (Å²) in [7, 11) is 0. The van der Waals surface area contributed by atoms with Crippen molar-refractivity contribution in [2.75, 3.05) is 6.61 Å². The molecule has 1 aromatic carbocycles. The van der Waals surface area contributed by atoms with Crippen LogP contribution in [0, 0.1) is 9.39 Å². The number of halogens is 2. The zero-order valence-electron chi connectivity index (χ0n) is 13.2. The summed E-state index contributed by atoms with van der Waals surface area (Å²) in [5.41, 5.74) is 0.809. The van der Waals surface area contributed by atoms with Gasteiger partial charge in [0.2, 0.25) is 0 Å². The van der Waals surface area contributed by atoms with Gasteiger partial charge in [-0.25, -0.2) is 4.39 Å². The molecule has 5 nitrogen and oxygen atoms in total. The standard InChI is InChI=1S/C18H16FIN2O3/c19-16-6-14(20)2-1-11(16)5-13-8-21-7-12-3-4-22(9-15(24)10-23)18(25)17(12)13/h1-4,6-8,15,23-24H,5,9-10H2/t15-/m1/s1. The van der Waals surface area contributed by atoms with E-state index in [0.717, 1.165) is 3.57 Å². The summed E-state index contributed by atoms with van der Waals surface area (Å²) in [6, 6.07) is 6.69. The summed E-state index contributed by atoms with van der Waals surface area (Å²) >= 11 is 2.04. The lowest BCUT2D eigenvalue weighted by molar-refractivity contribution is 0.0805. The van der Waals surface area contributed by atoms with Crippen LogP contribution in [0.5, 0.6) is 0 Å². The molecule has 3 rings (SSSR count). The second kappa shape index (κ2) is 7.59. The molecule has 2 aromatic heterocycles. The second-order valence-corrected chi connectivity index (χ2v) is 7.03. The number of fused-ring (bicyclic) bond motifs is 1. The van der Waals surface area contributed by atoms with E-state index in [4.69, 9.17) is 5.11 Å². The molecule has 0 unspecified atom stereocenters. The Morgan fingerprint density at radius 1 is 1.24 bits per heavy atom. The lowest BCUT2D eigenvalue weighted by Crippen LogP contribution is -2.28. The highest BCUT2D eigenvalue weighted by Crippen LogP contribution is 2.20. The van der Waals surface area contributed by atoms with Crippen molar-refractivity contribution >= 4 is 33.4 Å². The second-order valence-electron chi connectivity index (χ2n) is 5.79. The van der Waals surface area contributed by atoms with E-state index in [2.05, 4.69) is 4.98 Å². The Morgan fingerprint density at radius 3 is 2.76 bits per heavy atom. The first-order valence-corrected chi connectivity index (χ1v) is 8.76. The summed E-state index contributed by atoms with van der Waals surface area (Å²) in [4.78, 5) is 16.9. The molecule has 3 aromatic rings. The number of nitrogens with zero attached hydrogens (tertiary/aromatic N) is 2. The zero-order chi connectivity index (χ0) is 18.0. The monoisotopic (exact) mass is 454 g/mol. The van der Waals surface area contributed by atoms with E-state index in [9.17, 15) is 14.3 Å². The largest absolute Gasteiger partial charge is 0.394 e. The topological polar surface area (TPSA) is 75.4 Å². The summed E-state index contributed by atoms with van der Waals surface area (Å²) in [5.74, 6) is -0.323. The summed E-state index contributed by atoms with van der Waals surface area (Å²) in [5, 5.41) is 19.7. The van der Waals surface area contributed by atoms with Gasteiger partial charge in [0.05, 0.1) is 24.6 Å². The number of hydrogen-bond acceptors (Lipinski definition) is 4. The third-order valence-corrected chi connectivity index (χ3v) is 4.65. The number of hydrogen-bond donors (Lipinski definition) is 2. The minimum absolute atomic E-state index is 0.00900. The van der Waals surface area contributed by atoms with Crippen molar-refractivity contribution in [3.05, 3.63) is 73.7 Å². The Balaban J connectivity index is 2.08. The number of benzene rings is 1. The molecule has 0 aliphatic carbocycles. The van der Waals surface area contributed by atoms with Gasteiger partial charge < -0.3 is 14.8 Å². The molecule has 0 aliphatic heterocycles. The maximum absolute atomic E-state index is 14.2. The molecule has 0 spiro atoms. The molecular weight excluding hydrogens is 438 g/mol. The predicted molar refractivity (Wildman–Crippen MR) is 101 cm³/mol. The highest BCUT2D eigenvalue weighted by molar-refractivity contribution is 14.1. The predicted octanol–water partition coefficient (Wildman–Crippen LogP) is 2.08. The highest BCUT2D eigenvalue weighted by atomic mass is 127. The molecule has 2 N–H and O–H groups in total. The van der Waals surface area contributed by atoms with E-state index in [1.54, 1.807) is 30.7 Å². The van der Waals surface area contributed by atoms with Crippen LogP contribution in [0.4, 0.5) is 4.39 Å². The van der Waals surface area contributed by atoms with Crippen LogP contribution in [-0.2, 0) is 13.0 Å². The lowest BCUT2D eigenvalue weighted by atomic mass is 10.0. The summed E-state index contributed by atoms with van der Waals surface area (Å²) in [6.45, 7) is -0.438. The Bertz CT molecular complexity index is 974. The van der Waals surface area contributed by atoms with Gasteiger partial charge in [0.15, 0.2) is 0 Å². The lowest BCUT2D eigenvalue weighted by Gasteiger charge is -2.12. The van der Waals surface area contributed by atoms with Crippen LogP contribution in [-0.4, -0.2) is 32.5 Å². The Morgan fingerprint density at radius 2 is 2.04 bits per heavy atom. The van der Waals surface area contributed by atoms with E-state index in [1.807, 2.05) is 28.7 Å². The average Bonchev–Trinajstić information content (AvgIpc) is 2.59. The number of aromatic nitrogens is 2. The van der Waals surface area contributed by atoms with E-state index in [0.29, 0.717) is 21.9 Å². The van der Waals surface area contributed by atoms with Crippen LogP contribution >= 0.6 is 22.6 Å². The Kier molecular flexibility index (Phi) is 5.45. The minimum Gasteiger partial charge on any atom is -0.394 e. The number of rotatable bonds is 5. The maximum atomic E-state index is 14.2. The van der Waals surface area contributed by atoms with Gasteiger partial charge in [-0.3, -0.25) is 9.78 Å². The third-order valence-electron chi connectivity index (χ3n) is 3.98. The Hall–Kier alpha value is -1.84. The van der Waals surface area contributed by atoms with Gasteiger partial charge in [0.1, 0.15) is 5.82 Å². The van der Waals surface area contributed by atoms with Gasteiger partial charge in [-0.15, -0.1) is 0 Å². The molecule has 0 bridgehead atoms. The first kappa shape index (κ1) is 18.0. The fourth-order valence-corrected chi connectivity index (χ4v) is 3.18. The van der Waals surface area contributed by atoms with Crippen molar-refractivity contribution in [1.82, 2.24) is 9.55 Å². The van der Waals surface area contributed by atoms with E-state index < -0.39 is 12.7 Å². The van der Waals surface area contributed by atoms with Gasteiger partial charge in [0, 0.05) is 34.0 Å². The van der Waals surface area contributed by atoms with Crippen LogP contribution in [0.1, 0.15) is 11.1 Å². The highest BCUT2D eigenvalue weighted by Gasteiger charge is 2.13. The van der Waals surface area contributed by atoms with Crippen molar-refractivity contribution in [3.63, 3.8) is 0 Å². The normalized spacial score (nSPS) is 12.5. The molecule has 130 valence electrons. The Labute approximate surface area is 156 Å². The van der Waals surface area contributed by atoms with Crippen molar-refractivity contribution in [2.45, 2.75) is 19.1 Å². The molecule has 0 saturated carbocycles. The quantitative estimate of drug-likeness (QED) is 0.580. The maximum Gasteiger partial charge on any atom is 0.258 e. The molecule has 0 aliphatic rings. The average molecular weight is 454 g/mol. The number of aliphatic hydroxyl groups excluding tert-OH is 2. The molecule has 7 heteroatoms. The van der Waals surface area contributed by atoms with Gasteiger partial charge >= 0.3 is 0 Å². The van der Waals surface area contributed by atoms with E-state index >= 15 is 0 Å². The fourth-order valence-electron chi connectivity index (χ4n) is 2.72. The van der Waals surface area contributed by atoms with Crippen LogP contribution in [0.25, 0.3) is 10.8 Å². The van der Waals surface area contributed by atoms with Crippen molar-refractivity contribution in [1.29, 1.82) is 0 Å².